The molecule has 3 aromatic heterocycles. The van der Waals surface area contributed by atoms with Crippen LogP contribution in [0.4, 0.5) is 24.7 Å². The van der Waals surface area contributed by atoms with Crippen molar-refractivity contribution in [2.45, 2.75) is 43.9 Å². The van der Waals surface area contributed by atoms with Gasteiger partial charge in [0.15, 0.2) is 5.65 Å². The summed E-state index contributed by atoms with van der Waals surface area (Å²) in [5.41, 5.74) is 2.02. The number of carbonyl (C=O) groups is 1. The van der Waals surface area contributed by atoms with E-state index in [4.69, 9.17) is 32.9 Å². The van der Waals surface area contributed by atoms with Crippen LogP contribution in [0.25, 0.3) is 33.4 Å². The number of hydrogen-bond acceptors (Lipinski definition) is 9. The van der Waals surface area contributed by atoms with E-state index in [0.717, 1.165) is 39.5 Å². The van der Waals surface area contributed by atoms with Gasteiger partial charge in [-0.15, -0.1) is 0 Å². The molecule has 52 heavy (non-hydrogen) atoms. The number of nitrogens with zero attached hydrogens (tertiary/aromatic N) is 5. The molecule has 12 nitrogen and oxygen atoms in total. The Morgan fingerprint density at radius 1 is 0.942 bits per heavy atom. The minimum Gasteiger partial charge on any atom is -0.481 e. The molecule has 3 N–H and O–H groups in total. The van der Waals surface area contributed by atoms with Crippen molar-refractivity contribution in [3.8, 4) is 28.3 Å². The number of rotatable bonds is 8. The molecule has 1 saturated heterocycles. The van der Waals surface area contributed by atoms with Gasteiger partial charge in [-0.05, 0) is 37.0 Å². The highest BCUT2D eigenvalue weighted by Gasteiger charge is 2.37. The second-order valence-corrected chi connectivity index (χ2v) is 13.4. The molecule has 270 valence electrons. The van der Waals surface area contributed by atoms with Crippen molar-refractivity contribution in [3.05, 3.63) is 90.3 Å². The average molecular weight is 756 g/mol. The molecule has 1 amide bonds. The fourth-order valence-electron chi connectivity index (χ4n) is 6.80. The van der Waals surface area contributed by atoms with E-state index in [1.807, 2.05) is 12.1 Å². The number of benzene rings is 2. The number of carbonyl (C=O) groups excluding carboxylic acids is 1. The van der Waals surface area contributed by atoms with Crippen molar-refractivity contribution in [1.29, 1.82) is 0 Å². The van der Waals surface area contributed by atoms with Crippen molar-refractivity contribution < 1.29 is 22.7 Å². The summed E-state index contributed by atoms with van der Waals surface area (Å²) in [6.45, 7) is 0.635. The van der Waals surface area contributed by atoms with Crippen LogP contribution in [0, 0.1) is 0 Å². The van der Waals surface area contributed by atoms with Crippen LogP contribution >= 0.6 is 23.2 Å². The Bertz CT molecular complexity index is 2400. The summed E-state index contributed by atoms with van der Waals surface area (Å²) in [6, 6.07) is 12.2. The van der Waals surface area contributed by atoms with Crippen LogP contribution in [-0.4, -0.2) is 49.7 Å². The lowest BCUT2D eigenvalue weighted by atomic mass is 9.99. The zero-order valence-corrected chi connectivity index (χ0v) is 29.5. The monoisotopic (exact) mass is 754 g/mol. The third-order valence-electron chi connectivity index (χ3n) is 9.42. The first kappa shape index (κ1) is 35.4. The molecule has 2 aromatic carbocycles. The number of aromatic nitrogens is 5. The first-order valence-electron chi connectivity index (χ1n) is 16.3. The van der Waals surface area contributed by atoms with Gasteiger partial charge in [0.25, 0.3) is 5.56 Å². The third-order valence-corrected chi connectivity index (χ3v) is 10.2. The molecule has 0 bridgehead atoms. The summed E-state index contributed by atoms with van der Waals surface area (Å²) in [4.78, 5) is 49.3. The Hall–Kier alpha value is -4.99. The second-order valence-electron chi connectivity index (χ2n) is 12.6. The van der Waals surface area contributed by atoms with E-state index in [0.29, 0.717) is 46.3 Å². The highest BCUT2D eigenvalue weighted by Crippen LogP contribution is 2.44. The number of methoxy groups -OCH3 is 1. The normalized spacial score (nSPS) is 17.0. The van der Waals surface area contributed by atoms with Crippen LogP contribution in [0.5, 0.6) is 5.88 Å². The van der Waals surface area contributed by atoms with Crippen molar-refractivity contribution >= 4 is 51.6 Å². The molecule has 2 atom stereocenters. The Morgan fingerprint density at radius 3 is 2.35 bits per heavy atom. The van der Waals surface area contributed by atoms with Gasteiger partial charge >= 0.3 is 11.9 Å². The number of alkyl halides is 3. The van der Waals surface area contributed by atoms with E-state index in [-0.39, 0.29) is 34.1 Å². The lowest BCUT2D eigenvalue weighted by Gasteiger charge is -2.20. The Balaban J connectivity index is 1.25. The number of hydrogen-bond donors (Lipinski definition) is 3. The van der Waals surface area contributed by atoms with Gasteiger partial charge in [0.1, 0.15) is 11.2 Å². The van der Waals surface area contributed by atoms with Gasteiger partial charge in [0, 0.05) is 61.4 Å². The molecular weight excluding hydrogens is 724 g/mol. The number of pyridine rings is 1. The molecule has 1 fully saturated rings. The van der Waals surface area contributed by atoms with E-state index in [2.05, 4.69) is 25.9 Å². The molecule has 2 unspecified atom stereocenters. The topological polar surface area (TPSA) is 145 Å². The maximum absolute atomic E-state index is 13.9. The average Bonchev–Trinajstić information content (AvgIpc) is 3.74. The van der Waals surface area contributed by atoms with Crippen LogP contribution < -0.4 is 31.9 Å². The molecule has 7 rings (SSSR count). The summed E-state index contributed by atoms with van der Waals surface area (Å²) >= 11 is 14.0. The predicted octanol–water partition coefficient (Wildman–Crippen LogP) is 5.69. The van der Waals surface area contributed by atoms with Crippen molar-refractivity contribution in [3.63, 3.8) is 0 Å². The van der Waals surface area contributed by atoms with Crippen LogP contribution in [0.2, 0.25) is 10.0 Å². The minimum absolute atomic E-state index is 0.00383. The third kappa shape index (κ3) is 6.26. The highest BCUT2D eigenvalue weighted by molar-refractivity contribution is 6.39. The van der Waals surface area contributed by atoms with E-state index in [1.165, 1.54) is 20.2 Å². The molecule has 0 spiro atoms. The van der Waals surface area contributed by atoms with Gasteiger partial charge < -0.3 is 20.7 Å². The molecule has 1 aliphatic heterocycles. The molecule has 0 saturated carbocycles. The molecule has 2 aliphatic rings. The number of fused-ring (bicyclic) bond motifs is 2. The Labute approximate surface area is 304 Å². The van der Waals surface area contributed by atoms with E-state index >= 15 is 0 Å². The van der Waals surface area contributed by atoms with E-state index < -0.39 is 34.7 Å². The molecule has 1 aliphatic carbocycles. The summed E-state index contributed by atoms with van der Waals surface area (Å²) in [6.07, 6.45) is -2.06. The number of ether oxygens (including phenoxy) is 1. The molecular formula is C35H31Cl2F3N8O4. The number of anilines is 2. The van der Waals surface area contributed by atoms with Gasteiger partial charge in [0.05, 0.1) is 28.5 Å². The number of aryl methyl sites for hydroxylation is 2. The zero-order chi connectivity index (χ0) is 37.1. The number of amides is 1. The van der Waals surface area contributed by atoms with Crippen LogP contribution in [0.1, 0.15) is 42.3 Å². The lowest BCUT2D eigenvalue weighted by molar-refractivity contribution is -0.144. The second kappa shape index (κ2) is 13.5. The van der Waals surface area contributed by atoms with E-state index in [1.54, 1.807) is 31.4 Å². The van der Waals surface area contributed by atoms with Crippen molar-refractivity contribution in [2.24, 2.45) is 14.1 Å². The molecule has 17 heteroatoms. The van der Waals surface area contributed by atoms with Gasteiger partial charge in [-0.2, -0.15) is 13.2 Å². The number of halogens is 5. The van der Waals surface area contributed by atoms with Gasteiger partial charge in [-0.3, -0.25) is 18.7 Å². The minimum atomic E-state index is -4.98. The van der Waals surface area contributed by atoms with Crippen molar-refractivity contribution in [2.75, 3.05) is 19.0 Å². The highest BCUT2D eigenvalue weighted by atomic mass is 35.5. The van der Waals surface area contributed by atoms with Crippen LogP contribution in [-0.2, 0) is 31.5 Å². The van der Waals surface area contributed by atoms with Crippen molar-refractivity contribution in [1.82, 2.24) is 34.7 Å². The Morgan fingerprint density at radius 2 is 1.65 bits per heavy atom. The SMILES string of the molecule is COc1nc(-c2cccc(-c3cccc(Nc4nc(C(F)(F)F)nc5c4c(=O)n(C)c(=O)n5C)c3Cl)c2Cl)cc2c1C(NCC1CCC(=O)N1)CC2. The largest absolute Gasteiger partial charge is 0.481 e. The Kier molecular flexibility index (Phi) is 9.21. The predicted molar refractivity (Wildman–Crippen MR) is 190 cm³/mol. The first-order valence-corrected chi connectivity index (χ1v) is 17.0. The molecule has 0 radical (unpaired) electrons. The lowest BCUT2D eigenvalue weighted by Crippen LogP contribution is -2.38. The van der Waals surface area contributed by atoms with Gasteiger partial charge in [-0.1, -0.05) is 53.5 Å². The molecule has 4 heterocycles. The maximum Gasteiger partial charge on any atom is 0.451 e. The summed E-state index contributed by atoms with van der Waals surface area (Å²) in [5, 5.41) is 9.38. The summed E-state index contributed by atoms with van der Waals surface area (Å²) in [7, 11) is 3.97. The fourth-order valence-corrected chi connectivity index (χ4v) is 7.40. The van der Waals surface area contributed by atoms with Crippen LogP contribution in [0.3, 0.4) is 0 Å². The quantitative estimate of drug-likeness (QED) is 0.182. The van der Waals surface area contributed by atoms with Gasteiger partial charge in [-0.25, -0.2) is 19.7 Å². The smallest absolute Gasteiger partial charge is 0.451 e. The van der Waals surface area contributed by atoms with Crippen LogP contribution in [0.15, 0.2) is 52.1 Å². The van der Waals surface area contributed by atoms with E-state index in [9.17, 15) is 27.6 Å². The molecule has 5 aromatic rings. The maximum atomic E-state index is 13.9. The number of nitrogens with one attached hydrogen (secondary N) is 3. The fraction of sp³-hybridized carbons (Fsp3) is 0.314. The summed E-state index contributed by atoms with van der Waals surface area (Å²) < 4.78 is 49.0. The van der Waals surface area contributed by atoms with Gasteiger partial charge in [0.2, 0.25) is 17.6 Å². The standard InChI is InChI=1S/C35H31Cl2F3N8O4/c1-47-30-26(32(50)48(2)34(47)51)29(45-33(46-30)35(38,39)40)43-22-9-5-7-19(28(22)37)18-6-4-8-20(27(18)36)23-14-16-10-12-21(25(16)31(44-23)52-3)41-15-17-11-13-24(49)42-17/h4-9,14,17,21,41H,10-13,15H2,1-3H3,(H,42,49)(H,43,45,46). The zero-order valence-electron chi connectivity index (χ0n) is 28.0. The first-order chi connectivity index (χ1) is 24.8. The summed E-state index contributed by atoms with van der Waals surface area (Å²) in [5.74, 6) is -1.51.